The molecule has 0 unspecified atom stereocenters. The minimum Gasteiger partial charge on any atom is -0.508 e. The molecule has 2 aromatic rings. The van der Waals surface area contributed by atoms with E-state index in [0.717, 1.165) is 25.4 Å². The predicted octanol–water partition coefficient (Wildman–Crippen LogP) is 3.11. The van der Waals surface area contributed by atoms with Gasteiger partial charge in [-0.2, -0.15) is 0 Å². The highest BCUT2D eigenvalue weighted by molar-refractivity contribution is 5.27. The number of aromatic hydroxyl groups is 1. The van der Waals surface area contributed by atoms with E-state index in [1.165, 1.54) is 11.1 Å². The fourth-order valence-corrected chi connectivity index (χ4v) is 2.98. The number of hydrogen-bond donors (Lipinski definition) is 2. The zero-order valence-electron chi connectivity index (χ0n) is 14.1. The second kappa shape index (κ2) is 7.24. The van der Waals surface area contributed by atoms with Gasteiger partial charge in [0.2, 0.25) is 0 Å². The Morgan fingerprint density at radius 2 is 1.62 bits per heavy atom. The summed E-state index contributed by atoms with van der Waals surface area (Å²) in [7, 11) is 0. The number of nitrogens with zero attached hydrogens (tertiary/aromatic N) is 1. The van der Waals surface area contributed by atoms with Crippen molar-refractivity contribution in [3.8, 4) is 11.5 Å². The number of phenols is 1. The van der Waals surface area contributed by atoms with Crippen LogP contribution in [-0.4, -0.2) is 40.4 Å². The highest BCUT2D eigenvalue weighted by Gasteiger charge is 2.33. The van der Waals surface area contributed by atoms with Crippen LogP contribution in [0.2, 0.25) is 0 Å². The van der Waals surface area contributed by atoms with Gasteiger partial charge in [0.25, 0.3) is 0 Å². The second-order valence-corrected chi connectivity index (χ2v) is 6.77. The highest BCUT2D eigenvalue weighted by Crippen LogP contribution is 2.25. The average molecular weight is 327 g/mol. The molecule has 1 aliphatic rings. The summed E-state index contributed by atoms with van der Waals surface area (Å²) in [5.74, 6) is 1.10. The molecule has 4 nitrogen and oxygen atoms in total. The number of aryl methyl sites for hydroxylation is 1. The van der Waals surface area contributed by atoms with Crippen LogP contribution in [0.5, 0.6) is 11.5 Å². The van der Waals surface area contributed by atoms with Crippen molar-refractivity contribution >= 4 is 0 Å². The Balaban J connectivity index is 1.48. The Hall–Kier alpha value is -2.04. The second-order valence-electron chi connectivity index (χ2n) is 6.77. The number of hydrogen-bond acceptors (Lipinski definition) is 4. The number of likely N-dealkylation sites (tertiary alicyclic amines) is 1. The molecule has 4 heteroatoms. The minimum absolute atomic E-state index is 0.292. The van der Waals surface area contributed by atoms with Gasteiger partial charge in [0.05, 0.1) is 0 Å². The summed E-state index contributed by atoms with van der Waals surface area (Å²) in [5, 5.41) is 20.1. The molecule has 0 aliphatic carbocycles. The first-order valence-electron chi connectivity index (χ1n) is 8.45. The lowest BCUT2D eigenvalue weighted by Crippen LogP contribution is -2.47. The molecule has 2 aromatic carbocycles. The molecule has 1 heterocycles. The maximum absolute atomic E-state index is 10.7. The predicted molar refractivity (Wildman–Crippen MR) is 94.2 cm³/mol. The quantitative estimate of drug-likeness (QED) is 0.886. The zero-order chi connectivity index (χ0) is 17.0. The summed E-state index contributed by atoms with van der Waals surface area (Å²) in [4.78, 5) is 2.33. The third-order valence-corrected chi connectivity index (χ3v) is 4.66. The molecular formula is C20H25NO3. The molecule has 3 rings (SSSR count). The molecule has 1 aliphatic heterocycles. The lowest BCUT2D eigenvalue weighted by Gasteiger charge is -2.38. The van der Waals surface area contributed by atoms with Gasteiger partial charge < -0.3 is 14.9 Å². The van der Waals surface area contributed by atoms with Crippen LogP contribution in [0.1, 0.15) is 24.0 Å². The Labute approximate surface area is 143 Å². The van der Waals surface area contributed by atoms with Crippen LogP contribution in [0.25, 0.3) is 0 Å². The lowest BCUT2D eigenvalue weighted by atomic mass is 9.92. The van der Waals surface area contributed by atoms with Gasteiger partial charge >= 0.3 is 0 Å². The van der Waals surface area contributed by atoms with Crippen molar-refractivity contribution in [1.82, 2.24) is 4.90 Å². The molecule has 0 radical (unpaired) electrons. The van der Waals surface area contributed by atoms with Gasteiger partial charge in [-0.3, -0.25) is 4.90 Å². The van der Waals surface area contributed by atoms with Crippen LogP contribution in [0.4, 0.5) is 0 Å². The van der Waals surface area contributed by atoms with E-state index >= 15 is 0 Å². The van der Waals surface area contributed by atoms with Gasteiger partial charge in [-0.1, -0.05) is 29.8 Å². The van der Waals surface area contributed by atoms with Gasteiger partial charge in [-0.05, 0) is 49.6 Å². The van der Waals surface area contributed by atoms with E-state index in [4.69, 9.17) is 4.74 Å². The van der Waals surface area contributed by atoms with Crippen molar-refractivity contribution in [2.24, 2.45) is 0 Å². The van der Waals surface area contributed by atoms with Gasteiger partial charge in [0, 0.05) is 19.6 Å². The summed E-state index contributed by atoms with van der Waals surface area (Å²) in [5.41, 5.74) is 1.62. The van der Waals surface area contributed by atoms with E-state index in [9.17, 15) is 10.2 Å². The number of ether oxygens (including phenoxy) is 1. The topological polar surface area (TPSA) is 52.9 Å². The number of aliphatic hydroxyl groups is 1. The summed E-state index contributed by atoms with van der Waals surface area (Å²) in [6.45, 7) is 4.91. The SMILES string of the molecule is Cc1ccc(OCC2(O)CCN(Cc3ccc(O)cc3)CC2)cc1. The van der Waals surface area contributed by atoms with Crippen molar-refractivity contribution < 1.29 is 14.9 Å². The number of phenolic OH excluding ortho intramolecular Hbond substituents is 1. The summed E-state index contributed by atoms with van der Waals surface area (Å²) < 4.78 is 5.77. The lowest BCUT2D eigenvalue weighted by molar-refractivity contribution is -0.0537. The van der Waals surface area contributed by atoms with E-state index in [1.54, 1.807) is 12.1 Å². The zero-order valence-corrected chi connectivity index (χ0v) is 14.1. The molecule has 0 saturated carbocycles. The number of benzene rings is 2. The molecule has 128 valence electrons. The van der Waals surface area contributed by atoms with Crippen LogP contribution in [0, 0.1) is 6.92 Å². The van der Waals surface area contributed by atoms with Crippen molar-refractivity contribution in [2.75, 3.05) is 19.7 Å². The van der Waals surface area contributed by atoms with E-state index in [-0.39, 0.29) is 0 Å². The van der Waals surface area contributed by atoms with Gasteiger partial charge in [-0.25, -0.2) is 0 Å². The van der Waals surface area contributed by atoms with Crippen LogP contribution in [0.15, 0.2) is 48.5 Å². The van der Waals surface area contributed by atoms with Crippen LogP contribution in [-0.2, 0) is 6.54 Å². The van der Waals surface area contributed by atoms with Gasteiger partial charge in [0.1, 0.15) is 23.7 Å². The van der Waals surface area contributed by atoms with Gasteiger partial charge in [-0.15, -0.1) is 0 Å². The molecule has 1 saturated heterocycles. The third kappa shape index (κ3) is 4.49. The van der Waals surface area contributed by atoms with Crippen molar-refractivity contribution in [1.29, 1.82) is 0 Å². The summed E-state index contributed by atoms with van der Waals surface area (Å²) in [6, 6.07) is 15.2. The first-order valence-corrected chi connectivity index (χ1v) is 8.45. The maximum atomic E-state index is 10.7. The normalized spacial score (nSPS) is 17.6. The maximum Gasteiger partial charge on any atom is 0.119 e. The van der Waals surface area contributed by atoms with E-state index in [1.807, 2.05) is 43.3 Å². The Bertz CT molecular complexity index is 644. The molecule has 0 bridgehead atoms. The molecule has 0 spiro atoms. The van der Waals surface area contributed by atoms with Crippen LogP contribution < -0.4 is 4.74 Å². The summed E-state index contributed by atoms with van der Waals surface area (Å²) >= 11 is 0. The van der Waals surface area contributed by atoms with Crippen molar-refractivity contribution in [2.45, 2.75) is 31.9 Å². The molecule has 2 N–H and O–H groups in total. The third-order valence-electron chi connectivity index (χ3n) is 4.66. The number of piperidine rings is 1. The van der Waals surface area contributed by atoms with Crippen molar-refractivity contribution in [3.63, 3.8) is 0 Å². The fourth-order valence-electron chi connectivity index (χ4n) is 2.98. The smallest absolute Gasteiger partial charge is 0.119 e. The monoisotopic (exact) mass is 327 g/mol. The molecule has 0 amide bonds. The molecule has 0 aromatic heterocycles. The molecule has 0 atom stereocenters. The highest BCUT2D eigenvalue weighted by atomic mass is 16.5. The van der Waals surface area contributed by atoms with Crippen molar-refractivity contribution in [3.05, 3.63) is 59.7 Å². The molecular weight excluding hydrogens is 302 g/mol. The van der Waals surface area contributed by atoms with Crippen LogP contribution >= 0.6 is 0 Å². The van der Waals surface area contributed by atoms with E-state index in [2.05, 4.69) is 4.90 Å². The minimum atomic E-state index is -0.754. The largest absolute Gasteiger partial charge is 0.508 e. The van der Waals surface area contributed by atoms with E-state index < -0.39 is 5.60 Å². The fraction of sp³-hybridized carbons (Fsp3) is 0.400. The first kappa shape index (κ1) is 16.8. The van der Waals surface area contributed by atoms with Gasteiger partial charge in [0.15, 0.2) is 0 Å². The Morgan fingerprint density at radius 1 is 1.00 bits per heavy atom. The summed E-state index contributed by atoms with van der Waals surface area (Å²) in [6.07, 6.45) is 1.41. The Morgan fingerprint density at radius 3 is 2.25 bits per heavy atom. The van der Waals surface area contributed by atoms with E-state index in [0.29, 0.717) is 25.2 Å². The Kier molecular flexibility index (Phi) is 5.07. The number of rotatable bonds is 5. The average Bonchev–Trinajstić information content (AvgIpc) is 2.59. The molecule has 1 fully saturated rings. The first-order chi connectivity index (χ1) is 11.5. The molecule has 24 heavy (non-hydrogen) atoms. The van der Waals surface area contributed by atoms with Crippen LogP contribution in [0.3, 0.4) is 0 Å². The standard InChI is InChI=1S/C20H25NO3/c1-16-2-8-19(9-3-16)24-15-20(23)10-12-21(13-11-20)14-17-4-6-18(22)7-5-17/h2-9,22-23H,10-15H2,1H3.